The van der Waals surface area contributed by atoms with E-state index in [0.717, 1.165) is 22.2 Å². The van der Waals surface area contributed by atoms with Crippen LogP contribution in [0.15, 0.2) is 24.3 Å². The van der Waals surface area contributed by atoms with Gasteiger partial charge in [-0.1, -0.05) is 11.6 Å². The Balaban J connectivity index is 2.54. The van der Waals surface area contributed by atoms with Crippen molar-refractivity contribution in [3.63, 3.8) is 0 Å². The van der Waals surface area contributed by atoms with Gasteiger partial charge in [-0.3, -0.25) is 0 Å². The second-order valence-electron chi connectivity index (χ2n) is 3.43. The molecule has 2 N–H and O–H groups in total. The van der Waals surface area contributed by atoms with Gasteiger partial charge in [0.1, 0.15) is 10.9 Å². The van der Waals surface area contributed by atoms with E-state index in [-0.39, 0.29) is 0 Å². The highest BCUT2D eigenvalue weighted by atomic mass is 35.5. The molecule has 1 aromatic heterocycles. The second-order valence-corrected chi connectivity index (χ2v) is 3.79. The number of pyridine rings is 1. The van der Waals surface area contributed by atoms with Crippen molar-refractivity contribution < 1.29 is 4.74 Å². The molecule has 0 bridgehead atoms. The van der Waals surface area contributed by atoms with Crippen LogP contribution in [0.25, 0.3) is 10.9 Å². The highest BCUT2D eigenvalue weighted by Crippen LogP contribution is 2.24. The summed E-state index contributed by atoms with van der Waals surface area (Å²) in [5.41, 5.74) is 7.28. The van der Waals surface area contributed by atoms with Gasteiger partial charge in [-0.2, -0.15) is 0 Å². The summed E-state index contributed by atoms with van der Waals surface area (Å²) in [6, 6.07) is 7.68. The van der Waals surface area contributed by atoms with Gasteiger partial charge in [0, 0.05) is 17.5 Å². The third kappa shape index (κ3) is 2.10. The molecule has 0 spiro atoms. The van der Waals surface area contributed by atoms with Crippen molar-refractivity contribution in [2.24, 2.45) is 5.73 Å². The van der Waals surface area contributed by atoms with Crippen LogP contribution in [-0.2, 0) is 6.54 Å². The molecule has 0 aliphatic carbocycles. The molecule has 0 unspecified atom stereocenters. The number of nitrogens with two attached hydrogens (primary N) is 1. The Morgan fingerprint density at radius 2 is 2.19 bits per heavy atom. The van der Waals surface area contributed by atoms with Crippen LogP contribution in [0, 0.1) is 0 Å². The lowest BCUT2D eigenvalue weighted by atomic mass is 10.1. The summed E-state index contributed by atoms with van der Waals surface area (Å²) in [6.07, 6.45) is 0. The zero-order chi connectivity index (χ0) is 11.5. The van der Waals surface area contributed by atoms with Gasteiger partial charge in [0.2, 0.25) is 0 Å². The summed E-state index contributed by atoms with van der Waals surface area (Å²) in [7, 11) is 0. The first kappa shape index (κ1) is 11.2. The average molecular weight is 237 g/mol. The molecule has 0 aliphatic rings. The zero-order valence-electron chi connectivity index (χ0n) is 9.03. The van der Waals surface area contributed by atoms with Crippen molar-refractivity contribution >= 4 is 22.5 Å². The summed E-state index contributed by atoms with van der Waals surface area (Å²) >= 11 is 5.98. The summed E-state index contributed by atoms with van der Waals surface area (Å²) in [4.78, 5) is 4.28. The smallest absolute Gasteiger partial charge is 0.134 e. The van der Waals surface area contributed by atoms with Crippen molar-refractivity contribution in [2.45, 2.75) is 13.5 Å². The fourth-order valence-electron chi connectivity index (χ4n) is 1.57. The molecule has 16 heavy (non-hydrogen) atoms. The number of fused-ring (bicyclic) bond motifs is 1. The van der Waals surface area contributed by atoms with Gasteiger partial charge in [-0.05, 0) is 31.2 Å². The minimum absolute atomic E-state index is 0.390. The Labute approximate surface area is 99.2 Å². The number of benzene rings is 1. The lowest BCUT2D eigenvalue weighted by molar-refractivity contribution is 0.340. The van der Waals surface area contributed by atoms with Gasteiger partial charge in [-0.25, -0.2) is 4.98 Å². The normalized spacial score (nSPS) is 10.7. The molecule has 0 saturated carbocycles. The molecule has 3 nitrogen and oxygen atoms in total. The number of rotatable bonds is 3. The van der Waals surface area contributed by atoms with Crippen LogP contribution in [0.3, 0.4) is 0 Å². The molecule has 0 saturated heterocycles. The second kappa shape index (κ2) is 4.68. The van der Waals surface area contributed by atoms with Gasteiger partial charge in [0.05, 0.1) is 12.1 Å². The molecule has 0 radical (unpaired) electrons. The maximum atomic E-state index is 5.98. The van der Waals surface area contributed by atoms with Crippen LogP contribution in [-0.4, -0.2) is 11.6 Å². The molecule has 0 amide bonds. The molecule has 1 heterocycles. The van der Waals surface area contributed by atoms with Crippen LogP contribution < -0.4 is 10.5 Å². The molecule has 0 atom stereocenters. The molecule has 2 aromatic rings. The van der Waals surface area contributed by atoms with Crippen LogP contribution in [0.4, 0.5) is 0 Å². The maximum Gasteiger partial charge on any atom is 0.134 e. The first-order valence-electron chi connectivity index (χ1n) is 5.16. The molecule has 4 heteroatoms. The third-order valence-electron chi connectivity index (χ3n) is 2.34. The van der Waals surface area contributed by atoms with E-state index in [1.165, 1.54) is 0 Å². The highest BCUT2D eigenvalue weighted by Gasteiger charge is 2.04. The van der Waals surface area contributed by atoms with E-state index < -0.39 is 0 Å². The zero-order valence-corrected chi connectivity index (χ0v) is 9.79. The van der Waals surface area contributed by atoms with E-state index >= 15 is 0 Å². The third-order valence-corrected chi connectivity index (χ3v) is 2.67. The minimum atomic E-state index is 0.390. The molecular formula is C12H13ClN2O. The van der Waals surface area contributed by atoms with E-state index in [0.29, 0.717) is 18.3 Å². The Kier molecular flexibility index (Phi) is 3.27. The Bertz CT molecular complexity index is 514. The van der Waals surface area contributed by atoms with Crippen molar-refractivity contribution in [2.75, 3.05) is 6.61 Å². The van der Waals surface area contributed by atoms with E-state index in [9.17, 15) is 0 Å². The predicted octanol–water partition coefficient (Wildman–Crippen LogP) is 2.75. The molecule has 1 aromatic carbocycles. The van der Waals surface area contributed by atoms with Crippen LogP contribution in [0.2, 0.25) is 5.15 Å². The maximum absolute atomic E-state index is 5.98. The van der Waals surface area contributed by atoms with E-state index in [4.69, 9.17) is 22.1 Å². The minimum Gasteiger partial charge on any atom is -0.494 e. The number of ether oxygens (including phenoxy) is 1. The standard InChI is InChI=1S/C12H13ClN2O/c1-2-16-10-3-4-11-8(6-10)5-9(7-14)12(13)15-11/h3-6H,2,7,14H2,1H3. The van der Waals surface area contributed by atoms with Crippen molar-refractivity contribution in [1.82, 2.24) is 4.98 Å². The summed E-state index contributed by atoms with van der Waals surface area (Å²) < 4.78 is 5.43. The van der Waals surface area contributed by atoms with Gasteiger partial charge in [0.25, 0.3) is 0 Å². The summed E-state index contributed by atoms with van der Waals surface area (Å²) in [5.74, 6) is 0.835. The Hall–Kier alpha value is -1.32. The highest BCUT2D eigenvalue weighted by molar-refractivity contribution is 6.30. The van der Waals surface area contributed by atoms with E-state index in [1.807, 2.05) is 31.2 Å². The summed E-state index contributed by atoms with van der Waals surface area (Å²) in [6.45, 7) is 2.99. The fraction of sp³-hybridized carbons (Fsp3) is 0.250. The summed E-state index contributed by atoms with van der Waals surface area (Å²) in [5, 5.41) is 1.47. The van der Waals surface area contributed by atoms with Gasteiger partial charge in [0.15, 0.2) is 0 Å². The fourth-order valence-corrected chi connectivity index (χ4v) is 1.80. The van der Waals surface area contributed by atoms with Crippen LogP contribution in [0.1, 0.15) is 12.5 Å². The molecular weight excluding hydrogens is 224 g/mol. The lowest BCUT2D eigenvalue weighted by Crippen LogP contribution is -1.99. The van der Waals surface area contributed by atoms with Crippen molar-refractivity contribution in [3.8, 4) is 5.75 Å². The largest absolute Gasteiger partial charge is 0.494 e. The van der Waals surface area contributed by atoms with Crippen LogP contribution >= 0.6 is 11.6 Å². The van der Waals surface area contributed by atoms with E-state index in [2.05, 4.69) is 4.98 Å². The number of hydrogen-bond donors (Lipinski definition) is 1. The Morgan fingerprint density at radius 1 is 1.38 bits per heavy atom. The number of halogens is 1. The van der Waals surface area contributed by atoms with Gasteiger partial charge >= 0.3 is 0 Å². The van der Waals surface area contributed by atoms with Gasteiger partial charge < -0.3 is 10.5 Å². The molecule has 2 rings (SSSR count). The first-order valence-corrected chi connectivity index (χ1v) is 5.54. The quantitative estimate of drug-likeness (QED) is 0.834. The lowest BCUT2D eigenvalue weighted by Gasteiger charge is -2.06. The van der Waals surface area contributed by atoms with Crippen LogP contribution in [0.5, 0.6) is 5.75 Å². The topological polar surface area (TPSA) is 48.1 Å². The number of nitrogens with zero attached hydrogens (tertiary/aromatic N) is 1. The monoisotopic (exact) mass is 236 g/mol. The SMILES string of the molecule is CCOc1ccc2nc(Cl)c(CN)cc2c1. The van der Waals surface area contributed by atoms with Gasteiger partial charge in [-0.15, -0.1) is 0 Å². The first-order chi connectivity index (χ1) is 7.74. The Morgan fingerprint density at radius 3 is 2.88 bits per heavy atom. The van der Waals surface area contributed by atoms with Crippen molar-refractivity contribution in [3.05, 3.63) is 35.0 Å². The average Bonchev–Trinajstić information content (AvgIpc) is 2.29. The van der Waals surface area contributed by atoms with E-state index in [1.54, 1.807) is 0 Å². The number of hydrogen-bond acceptors (Lipinski definition) is 3. The molecule has 0 fully saturated rings. The number of aromatic nitrogens is 1. The predicted molar refractivity (Wildman–Crippen MR) is 65.8 cm³/mol. The molecule has 0 aliphatic heterocycles. The molecule has 84 valence electrons. The van der Waals surface area contributed by atoms with Crippen molar-refractivity contribution in [1.29, 1.82) is 0 Å².